The standard InChI is InChI=1S/C20H39N5O.HI/c1-16(2)17-6-8-18(9-7-17)24-12-14-25(15-13-24)20(21-3)22-11-10-19(26)23(4)5;/h16-18H,6-15H2,1-5H3,(H,21,22);1H. The van der Waals surface area contributed by atoms with E-state index in [0.717, 1.165) is 50.0 Å². The van der Waals surface area contributed by atoms with Crippen LogP contribution in [-0.2, 0) is 4.79 Å². The van der Waals surface area contributed by atoms with Crippen LogP contribution in [0.15, 0.2) is 4.99 Å². The number of guanidine groups is 1. The van der Waals surface area contributed by atoms with Gasteiger partial charge in [-0.2, -0.15) is 0 Å². The molecule has 2 aliphatic rings. The molecule has 0 radical (unpaired) electrons. The van der Waals surface area contributed by atoms with Crippen LogP contribution in [-0.4, -0.2) is 86.5 Å². The molecule has 0 atom stereocenters. The molecule has 2 rings (SSSR count). The van der Waals surface area contributed by atoms with Crippen LogP contribution in [0.2, 0.25) is 0 Å². The Bertz CT molecular complexity index is 467. The van der Waals surface area contributed by atoms with Gasteiger partial charge in [-0.25, -0.2) is 0 Å². The lowest BCUT2D eigenvalue weighted by Crippen LogP contribution is -2.55. The van der Waals surface area contributed by atoms with Gasteiger partial charge in [-0.15, -0.1) is 24.0 Å². The summed E-state index contributed by atoms with van der Waals surface area (Å²) >= 11 is 0. The van der Waals surface area contributed by atoms with Gasteiger partial charge in [0.25, 0.3) is 0 Å². The van der Waals surface area contributed by atoms with Crippen molar-refractivity contribution in [1.29, 1.82) is 0 Å². The van der Waals surface area contributed by atoms with E-state index < -0.39 is 0 Å². The Morgan fingerprint density at radius 3 is 2.19 bits per heavy atom. The van der Waals surface area contributed by atoms with Crippen molar-refractivity contribution in [3.05, 3.63) is 0 Å². The fraction of sp³-hybridized carbons (Fsp3) is 0.900. The van der Waals surface area contributed by atoms with Gasteiger partial charge in [0.1, 0.15) is 0 Å². The van der Waals surface area contributed by atoms with Crippen LogP contribution in [0.1, 0.15) is 46.0 Å². The monoisotopic (exact) mass is 493 g/mol. The van der Waals surface area contributed by atoms with Crippen LogP contribution in [0.4, 0.5) is 0 Å². The normalized spacial score (nSPS) is 24.5. The molecule has 1 amide bonds. The highest BCUT2D eigenvalue weighted by Crippen LogP contribution is 2.32. The largest absolute Gasteiger partial charge is 0.356 e. The molecule has 0 unspecified atom stereocenters. The Morgan fingerprint density at radius 2 is 1.70 bits per heavy atom. The molecule has 1 aliphatic heterocycles. The lowest BCUT2D eigenvalue weighted by molar-refractivity contribution is -0.128. The van der Waals surface area contributed by atoms with Gasteiger partial charge in [0.05, 0.1) is 0 Å². The van der Waals surface area contributed by atoms with E-state index in [4.69, 9.17) is 0 Å². The number of hydrogen-bond donors (Lipinski definition) is 1. The fourth-order valence-electron chi connectivity index (χ4n) is 4.27. The maximum absolute atomic E-state index is 11.7. The zero-order valence-corrected chi connectivity index (χ0v) is 20.2. The predicted molar refractivity (Wildman–Crippen MR) is 124 cm³/mol. The number of nitrogens with one attached hydrogen (secondary N) is 1. The molecule has 1 saturated carbocycles. The van der Waals surface area contributed by atoms with Crippen LogP contribution in [0, 0.1) is 11.8 Å². The molecule has 1 N–H and O–H groups in total. The molecule has 1 heterocycles. The number of aliphatic imine (C=N–C) groups is 1. The van der Waals surface area contributed by atoms with Crippen LogP contribution < -0.4 is 5.32 Å². The molecule has 0 aromatic carbocycles. The molecule has 0 aromatic rings. The van der Waals surface area contributed by atoms with Crippen LogP contribution in [0.5, 0.6) is 0 Å². The number of nitrogens with zero attached hydrogens (tertiary/aromatic N) is 4. The van der Waals surface area contributed by atoms with Gasteiger partial charge in [-0.3, -0.25) is 14.7 Å². The Morgan fingerprint density at radius 1 is 1.11 bits per heavy atom. The molecule has 6 nitrogen and oxygen atoms in total. The quantitative estimate of drug-likeness (QED) is 0.363. The van der Waals surface area contributed by atoms with Gasteiger partial charge in [0.15, 0.2) is 5.96 Å². The summed E-state index contributed by atoms with van der Waals surface area (Å²) in [7, 11) is 5.42. The van der Waals surface area contributed by atoms with E-state index in [1.807, 2.05) is 7.05 Å². The van der Waals surface area contributed by atoms with E-state index in [1.54, 1.807) is 19.0 Å². The summed E-state index contributed by atoms with van der Waals surface area (Å²) in [6.45, 7) is 9.66. The Balaban J connectivity index is 0.00000364. The second kappa shape index (κ2) is 12.1. The first-order valence-electron chi connectivity index (χ1n) is 10.3. The molecule has 2 fully saturated rings. The van der Waals surface area contributed by atoms with Crippen molar-refractivity contribution < 1.29 is 4.79 Å². The molecule has 1 saturated heterocycles. The Labute approximate surface area is 183 Å². The first-order chi connectivity index (χ1) is 12.4. The van der Waals surface area contributed by atoms with E-state index in [2.05, 4.69) is 34.0 Å². The molecule has 27 heavy (non-hydrogen) atoms. The summed E-state index contributed by atoms with van der Waals surface area (Å²) in [6.07, 6.45) is 6.02. The van der Waals surface area contributed by atoms with Gasteiger partial charge in [-0.1, -0.05) is 13.8 Å². The second-order valence-electron chi connectivity index (χ2n) is 8.35. The smallest absolute Gasteiger partial charge is 0.223 e. The minimum atomic E-state index is 0. The molecule has 0 bridgehead atoms. The summed E-state index contributed by atoms with van der Waals surface area (Å²) in [6, 6.07) is 0.778. The third kappa shape index (κ3) is 7.40. The van der Waals surface area contributed by atoms with E-state index >= 15 is 0 Å². The van der Waals surface area contributed by atoms with E-state index in [9.17, 15) is 4.79 Å². The summed E-state index contributed by atoms with van der Waals surface area (Å²) in [5.41, 5.74) is 0. The zero-order valence-electron chi connectivity index (χ0n) is 17.9. The fourth-order valence-corrected chi connectivity index (χ4v) is 4.27. The van der Waals surface area contributed by atoms with Crippen molar-refractivity contribution >= 4 is 35.8 Å². The number of piperazine rings is 1. The lowest BCUT2D eigenvalue weighted by Gasteiger charge is -2.43. The number of hydrogen-bond acceptors (Lipinski definition) is 3. The maximum atomic E-state index is 11.7. The van der Waals surface area contributed by atoms with Gasteiger partial charge in [0.2, 0.25) is 5.91 Å². The lowest BCUT2D eigenvalue weighted by atomic mass is 9.79. The predicted octanol–water partition coefficient (Wildman–Crippen LogP) is 2.49. The summed E-state index contributed by atoms with van der Waals surface area (Å²) in [5.74, 6) is 2.84. The van der Waals surface area contributed by atoms with Crippen molar-refractivity contribution in [3.63, 3.8) is 0 Å². The molecule has 0 spiro atoms. The highest BCUT2D eigenvalue weighted by atomic mass is 127. The Hall–Kier alpha value is -0.570. The van der Waals surface area contributed by atoms with Crippen molar-refractivity contribution in [2.75, 3.05) is 53.9 Å². The summed E-state index contributed by atoms with van der Waals surface area (Å²) < 4.78 is 0. The molecular weight excluding hydrogens is 453 g/mol. The van der Waals surface area contributed by atoms with Gasteiger partial charge >= 0.3 is 0 Å². The van der Waals surface area contributed by atoms with Crippen molar-refractivity contribution in [1.82, 2.24) is 20.0 Å². The maximum Gasteiger partial charge on any atom is 0.223 e. The first kappa shape index (κ1) is 24.5. The van der Waals surface area contributed by atoms with Gasteiger partial charge in [-0.05, 0) is 37.5 Å². The van der Waals surface area contributed by atoms with Crippen LogP contribution >= 0.6 is 24.0 Å². The number of carbonyl (C=O) groups is 1. The number of carbonyl (C=O) groups excluding carboxylic acids is 1. The third-order valence-corrected chi connectivity index (χ3v) is 6.15. The molecule has 1 aliphatic carbocycles. The average molecular weight is 493 g/mol. The highest BCUT2D eigenvalue weighted by molar-refractivity contribution is 14.0. The van der Waals surface area contributed by atoms with E-state index in [-0.39, 0.29) is 29.9 Å². The number of rotatable bonds is 5. The van der Waals surface area contributed by atoms with E-state index in [0.29, 0.717) is 13.0 Å². The zero-order chi connectivity index (χ0) is 19.1. The average Bonchev–Trinajstić information content (AvgIpc) is 2.65. The van der Waals surface area contributed by atoms with Crippen LogP contribution in [0.25, 0.3) is 0 Å². The summed E-state index contributed by atoms with van der Waals surface area (Å²) in [4.78, 5) is 22.8. The topological polar surface area (TPSA) is 51.2 Å². The Kier molecular flexibility index (Phi) is 11.0. The molecule has 7 heteroatoms. The van der Waals surface area contributed by atoms with Crippen molar-refractivity contribution in [3.8, 4) is 0 Å². The molecular formula is C20H40IN5O. The highest BCUT2D eigenvalue weighted by Gasteiger charge is 2.29. The molecule has 158 valence electrons. The number of halogens is 1. The van der Waals surface area contributed by atoms with Gasteiger partial charge in [0, 0.05) is 66.3 Å². The minimum absolute atomic E-state index is 0. The SMILES string of the molecule is CN=C(NCCC(=O)N(C)C)N1CCN(C2CCC(C(C)C)CC2)CC1.I. The summed E-state index contributed by atoms with van der Waals surface area (Å²) in [5, 5.41) is 3.35. The van der Waals surface area contributed by atoms with Crippen molar-refractivity contribution in [2.45, 2.75) is 52.0 Å². The van der Waals surface area contributed by atoms with Crippen LogP contribution in [0.3, 0.4) is 0 Å². The second-order valence-corrected chi connectivity index (χ2v) is 8.35. The van der Waals surface area contributed by atoms with E-state index in [1.165, 1.54) is 25.7 Å². The minimum Gasteiger partial charge on any atom is -0.356 e. The third-order valence-electron chi connectivity index (χ3n) is 6.15. The molecule has 0 aromatic heterocycles. The first-order valence-corrected chi connectivity index (χ1v) is 10.3. The van der Waals surface area contributed by atoms with Gasteiger partial charge < -0.3 is 15.1 Å². The van der Waals surface area contributed by atoms with Crippen molar-refractivity contribution in [2.24, 2.45) is 16.8 Å². The number of amides is 1.